The van der Waals surface area contributed by atoms with E-state index in [4.69, 9.17) is 9.47 Å². The Morgan fingerprint density at radius 3 is 2.70 bits per heavy atom. The van der Waals surface area contributed by atoms with Crippen molar-refractivity contribution in [1.29, 1.82) is 0 Å². The summed E-state index contributed by atoms with van der Waals surface area (Å²) in [4.78, 5) is 20.8. The Bertz CT molecular complexity index is 1170. The highest BCUT2D eigenvalue weighted by Gasteiger charge is 2.15. The van der Waals surface area contributed by atoms with E-state index in [-0.39, 0.29) is 5.56 Å². The van der Waals surface area contributed by atoms with Crippen LogP contribution in [0.4, 0.5) is 0 Å². The first-order chi connectivity index (χ1) is 13.1. The zero-order valence-electron chi connectivity index (χ0n) is 15.2. The second-order valence-corrected chi connectivity index (χ2v) is 8.24. The third kappa shape index (κ3) is 3.24. The van der Waals surface area contributed by atoms with Gasteiger partial charge in [0.15, 0.2) is 0 Å². The zero-order valence-corrected chi connectivity index (χ0v) is 16.8. The van der Waals surface area contributed by atoms with E-state index in [1.54, 1.807) is 36.5 Å². The van der Waals surface area contributed by atoms with Gasteiger partial charge >= 0.3 is 0 Å². The Balaban J connectivity index is 1.82. The molecule has 4 rings (SSSR count). The Morgan fingerprint density at radius 2 is 2.00 bits per heavy atom. The van der Waals surface area contributed by atoms with Gasteiger partial charge in [-0.1, -0.05) is 0 Å². The molecule has 0 aliphatic carbocycles. The van der Waals surface area contributed by atoms with Gasteiger partial charge in [-0.05, 0) is 37.3 Å². The van der Waals surface area contributed by atoms with E-state index >= 15 is 0 Å². The van der Waals surface area contributed by atoms with Crippen molar-refractivity contribution in [2.45, 2.75) is 13.5 Å². The molecule has 0 radical (unpaired) electrons. The zero-order chi connectivity index (χ0) is 19.0. The van der Waals surface area contributed by atoms with Crippen LogP contribution in [0.25, 0.3) is 20.7 Å². The van der Waals surface area contributed by atoms with Crippen LogP contribution in [0.2, 0.25) is 0 Å². The molecule has 0 spiro atoms. The largest absolute Gasteiger partial charge is 0.497 e. The number of fused-ring (bicyclic) bond motifs is 1. The van der Waals surface area contributed by atoms with E-state index in [0.717, 1.165) is 26.6 Å². The van der Waals surface area contributed by atoms with Crippen LogP contribution >= 0.6 is 22.7 Å². The highest BCUT2D eigenvalue weighted by atomic mass is 32.1. The van der Waals surface area contributed by atoms with Crippen LogP contribution in [-0.4, -0.2) is 23.8 Å². The molecule has 3 aromatic heterocycles. The molecular weight excluding hydrogens is 380 g/mol. The minimum atomic E-state index is -0.0489. The molecule has 0 saturated carbocycles. The number of rotatable bonds is 5. The summed E-state index contributed by atoms with van der Waals surface area (Å²) in [5.74, 6) is 1.43. The van der Waals surface area contributed by atoms with Crippen LogP contribution in [0.15, 0.2) is 46.8 Å². The maximum Gasteiger partial charge on any atom is 0.263 e. The molecule has 7 heteroatoms. The maximum absolute atomic E-state index is 13.2. The normalized spacial score (nSPS) is 11.1. The fourth-order valence-electron chi connectivity index (χ4n) is 3.03. The van der Waals surface area contributed by atoms with Crippen molar-refractivity contribution in [1.82, 2.24) is 9.55 Å². The van der Waals surface area contributed by atoms with Crippen molar-refractivity contribution in [3.05, 3.63) is 62.8 Å². The van der Waals surface area contributed by atoms with Gasteiger partial charge in [-0.25, -0.2) is 4.98 Å². The molecule has 0 amide bonds. The van der Waals surface area contributed by atoms with Crippen molar-refractivity contribution >= 4 is 32.9 Å². The third-order valence-electron chi connectivity index (χ3n) is 4.39. The van der Waals surface area contributed by atoms with Crippen molar-refractivity contribution in [3.8, 4) is 21.9 Å². The lowest BCUT2D eigenvalue weighted by Crippen LogP contribution is -2.21. The van der Waals surface area contributed by atoms with Gasteiger partial charge in [-0.15, -0.1) is 22.7 Å². The maximum atomic E-state index is 13.2. The average molecular weight is 399 g/mol. The van der Waals surface area contributed by atoms with Crippen LogP contribution in [0, 0.1) is 6.92 Å². The summed E-state index contributed by atoms with van der Waals surface area (Å²) in [5.41, 5.74) is 1.77. The van der Waals surface area contributed by atoms with Gasteiger partial charge in [0.2, 0.25) is 0 Å². The molecule has 5 nitrogen and oxygen atoms in total. The number of ether oxygens (including phenoxy) is 2. The standard InChI is InChI=1S/C20H18N2O3S2/c1-12-4-7-17(27-12)15-10-26-19-18(15)20(23)22(11-21-19)9-13-8-14(24-2)5-6-16(13)25-3/h4-8,10-11H,9H2,1-3H3. The van der Waals surface area contributed by atoms with Crippen LogP contribution in [-0.2, 0) is 6.54 Å². The van der Waals surface area contributed by atoms with Crippen molar-refractivity contribution in [2.75, 3.05) is 14.2 Å². The molecule has 1 aromatic carbocycles. The topological polar surface area (TPSA) is 53.4 Å². The minimum Gasteiger partial charge on any atom is -0.497 e. The lowest BCUT2D eigenvalue weighted by Gasteiger charge is -2.12. The lowest BCUT2D eigenvalue weighted by atomic mass is 10.1. The second kappa shape index (κ2) is 7.17. The molecule has 0 saturated heterocycles. The first-order valence-electron chi connectivity index (χ1n) is 8.35. The molecule has 4 aromatic rings. The number of aromatic nitrogens is 2. The Kier molecular flexibility index (Phi) is 4.72. The Labute approximate surface area is 164 Å². The number of hydrogen-bond donors (Lipinski definition) is 0. The molecule has 0 unspecified atom stereocenters. The smallest absolute Gasteiger partial charge is 0.263 e. The minimum absolute atomic E-state index is 0.0489. The summed E-state index contributed by atoms with van der Waals surface area (Å²) < 4.78 is 12.4. The molecule has 0 bridgehead atoms. The summed E-state index contributed by atoms with van der Waals surface area (Å²) in [6, 6.07) is 9.69. The third-order valence-corrected chi connectivity index (χ3v) is 6.32. The van der Waals surface area contributed by atoms with E-state index in [2.05, 4.69) is 24.0 Å². The van der Waals surface area contributed by atoms with Gasteiger partial charge in [-0.3, -0.25) is 9.36 Å². The van der Waals surface area contributed by atoms with Crippen molar-refractivity contribution in [2.24, 2.45) is 0 Å². The summed E-state index contributed by atoms with van der Waals surface area (Å²) in [5, 5.41) is 2.69. The van der Waals surface area contributed by atoms with Crippen molar-refractivity contribution < 1.29 is 9.47 Å². The number of aryl methyl sites for hydroxylation is 1. The predicted molar refractivity (Wildman–Crippen MR) is 111 cm³/mol. The fraction of sp³-hybridized carbons (Fsp3) is 0.200. The Hall–Kier alpha value is -2.64. The van der Waals surface area contributed by atoms with E-state index in [1.807, 2.05) is 23.6 Å². The van der Waals surface area contributed by atoms with E-state index in [1.165, 1.54) is 16.2 Å². The number of benzene rings is 1. The first kappa shape index (κ1) is 17.8. The van der Waals surface area contributed by atoms with Gasteiger partial charge in [-0.2, -0.15) is 0 Å². The molecule has 27 heavy (non-hydrogen) atoms. The molecular formula is C20H18N2O3S2. The predicted octanol–water partition coefficient (Wildman–Crippen LogP) is 4.56. The van der Waals surface area contributed by atoms with Gasteiger partial charge in [0.1, 0.15) is 16.3 Å². The fourth-order valence-corrected chi connectivity index (χ4v) is 4.89. The van der Waals surface area contributed by atoms with Gasteiger partial charge < -0.3 is 9.47 Å². The molecule has 138 valence electrons. The van der Waals surface area contributed by atoms with Gasteiger partial charge in [0.25, 0.3) is 5.56 Å². The molecule has 0 atom stereocenters. The SMILES string of the molecule is COc1ccc(OC)c(Cn2cnc3scc(-c4ccc(C)s4)c3c2=O)c1. The average Bonchev–Trinajstić information content (AvgIpc) is 3.30. The number of hydrogen-bond acceptors (Lipinski definition) is 6. The number of methoxy groups -OCH3 is 2. The quantitative estimate of drug-likeness (QED) is 0.494. The van der Waals surface area contributed by atoms with Crippen LogP contribution < -0.4 is 15.0 Å². The van der Waals surface area contributed by atoms with Gasteiger partial charge in [0.05, 0.1) is 32.5 Å². The Morgan fingerprint density at radius 1 is 1.15 bits per heavy atom. The lowest BCUT2D eigenvalue weighted by molar-refractivity contribution is 0.397. The van der Waals surface area contributed by atoms with Crippen LogP contribution in [0.1, 0.15) is 10.4 Å². The van der Waals surface area contributed by atoms with Gasteiger partial charge in [0, 0.05) is 26.3 Å². The highest BCUT2D eigenvalue weighted by Crippen LogP contribution is 2.35. The molecule has 0 aliphatic heterocycles. The van der Waals surface area contributed by atoms with E-state index < -0.39 is 0 Å². The summed E-state index contributed by atoms with van der Waals surface area (Å²) in [7, 11) is 3.23. The van der Waals surface area contributed by atoms with Crippen molar-refractivity contribution in [3.63, 3.8) is 0 Å². The molecule has 0 N–H and O–H groups in total. The number of nitrogens with zero attached hydrogens (tertiary/aromatic N) is 2. The van der Waals surface area contributed by atoms with Crippen LogP contribution in [0.5, 0.6) is 11.5 Å². The first-order valence-corrected chi connectivity index (χ1v) is 10.0. The molecule has 0 fully saturated rings. The van der Waals surface area contributed by atoms with Crippen LogP contribution in [0.3, 0.4) is 0 Å². The summed E-state index contributed by atoms with van der Waals surface area (Å²) >= 11 is 3.18. The van der Waals surface area contributed by atoms with E-state index in [9.17, 15) is 4.79 Å². The highest BCUT2D eigenvalue weighted by molar-refractivity contribution is 7.19. The van der Waals surface area contributed by atoms with E-state index in [0.29, 0.717) is 17.7 Å². The summed E-state index contributed by atoms with van der Waals surface area (Å²) in [6.07, 6.45) is 1.60. The second-order valence-electron chi connectivity index (χ2n) is 6.10. The monoisotopic (exact) mass is 398 g/mol. The molecule has 3 heterocycles. The number of thiophene rings is 2. The summed E-state index contributed by atoms with van der Waals surface area (Å²) in [6.45, 7) is 2.43. The molecule has 0 aliphatic rings.